The van der Waals surface area contributed by atoms with Crippen LogP contribution in [0.15, 0.2) is 24.5 Å². The summed E-state index contributed by atoms with van der Waals surface area (Å²) in [5, 5.41) is 18.9. The summed E-state index contributed by atoms with van der Waals surface area (Å²) in [7, 11) is 2.95. The van der Waals surface area contributed by atoms with Gasteiger partial charge in [-0.3, -0.25) is 0 Å². The molecule has 3 rings (SSSR count). The highest BCUT2D eigenvalue weighted by Crippen LogP contribution is 2.26. The van der Waals surface area contributed by atoms with Gasteiger partial charge in [0.05, 0.1) is 42.7 Å². The number of amides is 2. The number of ether oxygens (including phenoxy) is 2. The van der Waals surface area contributed by atoms with E-state index < -0.39 is 12.1 Å². The Balaban J connectivity index is 1.88. The fourth-order valence-electron chi connectivity index (χ4n) is 2.57. The van der Waals surface area contributed by atoms with E-state index in [2.05, 4.69) is 25.7 Å². The van der Waals surface area contributed by atoms with Crippen molar-refractivity contribution in [3.05, 3.63) is 40.9 Å². The van der Waals surface area contributed by atoms with Gasteiger partial charge in [0.2, 0.25) is 5.88 Å². The number of fused-ring (bicyclic) bond motifs is 1. The average molecular weight is 402 g/mol. The van der Waals surface area contributed by atoms with E-state index in [0.29, 0.717) is 22.7 Å². The van der Waals surface area contributed by atoms with Gasteiger partial charge in [0, 0.05) is 13.2 Å². The van der Waals surface area contributed by atoms with Gasteiger partial charge >= 0.3 is 6.03 Å². The van der Waals surface area contributed by atoms with Crippen molar-refractivity contribution in [1.82, 2.24) is 19.6 Å². The third-order valence-corrected chi connectivity index (χ3v) is 4.09. The zero-order chi connectivity index (χ0) is 20.3. The maximum absolute atomic E-state index is 12.5. The van der Waals surface area contributed by atoms with Crippen LogP contribution in [0.2, 0.25) is 5.15 Å². The fourth-order valence-corrected chi connectivity index (χ4v) is 2.74. The maximum atomic E-state index is 12.5. The van der Waals surface area contributed by atoms with Crippen LogP contribution >= 0.6 is 11.6 Å². The van der Waals surface area contributed by atoms with Crippen molar-refractivity contribution in [2.45, 2.75) is 13.0 Å². The highest BCUT2D eigenvalue weighted by molar-refractivity contribution is 6.29. The Hall–Kier alpha value is -3.42. The molecule has 0 aliphatic carbocycles. The second-order valence-corrected chi connectivity index (χ2v) is 6.03. The molecule has 0 spiro atoms. The SMILES string of the molecule is COc1ncc(NC(=O)Nc2cnc3cc(Cl)nn3c2C(C)OC)cc1C#N. The third kappa shape index (κ3) is 3.80. The third-order valence-electron chi connectivity index (χ3n) is 3.90. The van der Waals surface area contributed by atoms with Crippen LogP contribution in [0.5, 0.6) is 5.88 Å². The number of rotatable bonds is 5. The van der Waals surface area contributed by atoms with Gasteiger partial charge < -0.3 is 20.1 Å². The molecule has 144 valence electrons. The van der Waals surface area contributed by atoms with E-state index in [4.69, 9.17) is 26.3 Å². The molecule has 3 aromatic rings. The van der Waals surface area contributed by atoms with Gasteiger partial charge in [-0.25, -0.2) is 19.3 Å². The summed E-state index contributed by atoms with van der Waals surface area (Å²) in [4.78, 5) is 20.7. The highest BCUT2D eigenvalue weighted by atomic mass is 35.5. The second-order valence-electron chi connectivity index (χ2n) is 5.64. The summed E-state index contributed by atoms with van der Waals surface area (Å²) in [5.74, 6) is 0.176. The van der Waals surface area contributed by atoms with Gasteiger partial charge in [0.15, 0.2) is 10.8 Å². The van der Waals surface area contributed by atoms with Crippen LogP contribution < -0.4 is 15.4 Å². The van der Waals surface area contributed by atoms with Crippen LogP contribution in [0.1, 0.15) is 24.3 Å². The molecule has 28 heavy (non-hydrogen) atoms. The van der Waals surface area contributed by atoms with Gasteiger partial charge in [0.1, 0.15) is 11.6 Å². The van der Waals surface area contributed by atoms with Crippen molar-refractivity contribution < 1.29 is 14.3 Å². The van der Waals surface area contributed by atoms with E-state index in [0.717, 1.165) is 0 Å². The molecular formula is C17H16ClN7O3. The number of hydrogen-bond donors (Lipinski definition) is 2. The Morgan fingerprint density at radius 2 is 2.07 bits per heavy atom. The van der Waals surface area contributed by atoms with Crippen molar-refractivity contribution in [1.29, 1.82) is 5.26 Å². The van der Waals surface area contributed by atoms with Gasteiger partial charge in [-0.2, -0.15) is 10.4 Å². The first-order valence-corrected chi connectivity index (χ1v) is 8.43. The number of pyridine rings is 1. The minimum Gasteiger partial charge on any atom is -0.480 e. The monoisotopic (exact) mass is 401 g/mol. The van der Waals surface area contributed by atoms with Crippen molar-refractivity contribution in [2.24, 2.45) is 0 Å². The quantitative estimate of drug-likeness (QED) is 0.672. The van der Waals surface area contributed by atoms with E-state index in [1.165, 1.54) is 30.1 Å². The van der Waals surface area contributed by atoms with E-state index in [9.17, 15) is 4.79 Å². The largest absolute Gasteiger partial charge is 0.480 e. The molecule has 0 aromatic carbocycles. The molecule has 0 aliphatic rings. The van der Waals surface area contributed by atoms with Crippen LogP contribution in [0, 0.1) is 11.3 Å². The molecule has 0 saturated heterocycles. The second kappa shape index (κ2) is 8.08. The molecule has 0 radical (unpaired) electrons. The zero-order valence-electron chi connectivity index (χ0n) is 15.2. The minimum atomic E-state index is -0.556. The van der Waals surface area contributed by atoms with Crippen LogP contribution in [-0.4, -0.2) is 39.8 Å². The normalized spacial score (nSPS) is 11.7. The first-order valence-electron chi connectivity index (χ1n) is 8.06. The predicted molar refractivity (Wildman–Crippen MR) is 102 cm³/mol. The first-order chi connectivity index (χ1) is 13.5. The Morgan fingerprint density at radius 1 is 1.29 bits per heavy atom. The molecule has 0 aliphatic heterocycles. The number of hydrogen-bond acceptors (Lipinski definition) is 7. The standard InChI is InChI=1S/C17H16ClN7O3/c1-9(27-2)15-12(8-20-14-5-13(18)24-25(14)15)23-17(26)22-11-4-10(6-19)16(28-3)21-7-11/h4-5,7-9H,1-3H3,(H2,22,23,26). The summed E-state index contributed by atoms with van der Waals surface area (Å²) >= 11 is 5.97. The minimum absolute atomic E-state index is 0.176. The van der Waals surface area contributed by atoms with Crippen LogP contribution in [0.3, 0.4) is 0 Å². The fraction of sp³-hybridized carbons (Fsp3) is 0.235. The summed E-state index contributed by atoms with van der Waals surface area (Å²) < 4.78 is 11.9. The lowest BCUT2D eigenvalue weighted by Gasteiger charge is -2.17. The molecule has 1 atom stereocenters. The Kier molecular flexibility index (Phi) is 5.58. The number of urea groups is 1. The lowest BCUT2D eigenvalue weighted by molar-refractivity contribution is 0.114. The Morgan fingerprint density at radius 3 is 2.75 bits per heavy atom. The molecule has 11 heteroatoms. The number of anilines is 2. The number of nitriles is 1. The average Bonchev–Trinajstić information content (AvgIpc) is 3.07. The van der Waals surface area contributed by atoms with E-state index >= 15 is 0 Å². The van der Waals surface area contributed by atoms with Gasteiger partial charge in [-0.05, 0) is 13.0 Å². The first kappa shape index (κ1) is 19.3. The molecule has 3 aromatic heterocycles. The highest BCUT2D eigenvalue weighted by Gasteiger charge is 2.19. The molecule has 2 amide bonds. The molecular weight excluding hydrogens is 386 g/mol. The molecule has 0 fully saturated rings. The number of aromatic nitrogens is 4. The number of halogens is 1. The summed E-state index contributed by atoms with van der Waals surface area (Å²) in [6.45, 7) is 1.81. The van der Waals surface area contributed by atoms with E-state index in [-0.39, 0.29) is 16.6 Å². The van der Waals surface area contributed by atoms with Crippen LogP contribution in [0.4, 0.5) is 16.2 Å². The topological polar surface area (TPSA) is 126 Å². The number of nitrogens with one attached hydrogen (secondary N) is 2. The molecule has 0 saturated carbocycles. The van der Waals surface area contributed by atoms with Crippen LogP contribution in [0.25, 0.3) is 5.65 Å². The smallest absolute Gasteiger partial charge is 0.323 e. The maximum Gasteiger partial charge on any atom is 0.323 e. The van der Waals surface area contributed by atoms with Crippen molar-refractivity contribution in [3.63, 3.8) is 0 Å². The molecule has 2 N–H and O–H groups in total. The lowest BCUT2D eigenvalue weighted by atomic mass is 10.2. The van der Waals surface area contributed by atoms with Crippen molar-refractivity contribution in [2.75, 3.05) is 24.9 Å². The molecule has 10 nitrogen and oxygen atoms in total. The summed E-state index contributed by atoms with van der Waals surface area (Å²) in [5.41, 5.74) is 2.00. The Labute approximate surface area is 165 Å². The summed E-state index contributed by atoms with van der Waals surface area (Å²) in [6.07, 6.45) is 2.47. The number of nitrogens with zero attached hydrogens (tertiary/aromatic N) is 5. The molecule has 1 unspecified atom stereocenters. The number of carbonyl (C=O) groups excluding carboxylic acids is 1. The number of carbonyl (C=O) groups is 1. The van der Waals surface area contributed by atoms with E-state index in [1.807, 2.05) is 6.07 Å². The number of methoxy groups -OCH3 is 2. The van der Waals surface area contributed by atoms with Crippen LogP contribution in [-0.2, 0) is 4.74 Å². The van der Waals surface area contributed by atoms with Gasteiger partial charge in [-0.1, -0.05) is 11.6 Å². The Bertz CT molecular complexity index is 1080. The zero-order valence-corrected chi connectivity index (χ0v) is 16.0. The predicted octanol–water partition coefficient (Wildman–Crippen LogP) is 3.01. The van der Waals surface area contributed by atoms with E-state index in [1.54, 1.807) is 20.1 Å². The molecule has 0 bridgehead atoms. The van der Waals surface area contributed by atoms with Crippen molar-refractivity contribution >= 4 is 34.7 Å². The van der Waals surface area contributed by atoms with Gasteiger partial charge in [-0.15, -0.1) is 0 Å². The molecule has 3 heterocycles. The lowest BCUT2D eigenvalue weighted by Crippen LogP contribution is -2.22. The summed E-state index contributed by atoms with van der Waals surface area (Å²) in [6, 6.07) is 4.46. The van der Waals surface area contributed by atoms with Gasteiger partial charge in [0.25, 0.3) is 0 Å². The van der Waals surface area contributed by atoms with Crippen molar-refractivity contribution in [3.8, 4) is 11.9 Å².